The molecule has 0 aromatic heterocycles. The molecule has 0 amide bonds. The van der Waals surface area contributed by atoms with Gasteiger partial charge in [-0.05, 0) is 32.2 Å². The Kier molecular flexibility index (Phi) is 7.65. The van der Waals surface area contributed by atoms with Crippen LogP contribution in [0.4, 0.5) is 0 Å². The van der Waals surface area contributed by atoms with Gasteiger partial charge in [0.15, 0.2) is 0 Å². The normalized spacial score (nSPS) is 13.5. The highest BCUT2D eigenvalue weighted by atomic mass is 32.2. The fourth-order valence-corrected chi connectivity index (χ4v) is 1.67. The van der Waals surface area contributed by atoms with Gasteiger partial charge in [-0.2, -0.15) is 11.8 Å². The van der Waals surface area contributed by atoms with Crippen LogP contribution in [0.1, 0.15) is 26.7 Å². The predicted molar refractivity (Wildman–Crippen MR) is 50.8 cm³/mol. The number of rotatable bonds is 6. The summed E-state index contributed by atoms with van der Waals surface area (Å²) in [5, 5.41) is 3.99. The highest BCUT2D eigenvalue weighted by Crippen LogP contribution is 2.13. The van der Waals surface area contributed by atoms with Crippen molar-refractivity contribution >= 4 is 11.8 Å². The van der Waals surface area contributed by atoms with E-state index in [1.807, 2.05) is 7.05 Å². The lowest BCUT2D eigenvalue weighted by Crippen LogP contribution is -2.12. The molecule has 1 nitrogen and oxygen atoms in total. The smallest absolute Gasteiger partial charge is 0.00307 e. The summed E-state index contributed by atoms with van der Waals surface area (Å²) in [6.07, 6.45) is 2.59. The van der Waals surface area contributed by atoms with E-state index in [0.717, 1.165) is 11.8 Å². The maximum atomic E-state index is 3.16. The van der Waals surface area contributed by atoms with Gasteiger partial charge in [-0.15, -0.1) is 0 Å². The molecule has 0 aliphatic heterocycles. The molecule has 0 radical (unpaired) electrons. The van der Waals surface area contributed by atoms with Gasteiger partial charge in [-0.1, -0.05) is 13.8 Å². The molecule has 1 atom stereocenters. The minimum Gasteiger partial charge on any atom is -0.320 e. The van der Waals surface area contributed by atoms with Crippen molar-refractivity contribution in [3.8, 4) is 0 Å². The maximum absolute atomic E-state index is 3.16. The standard InChI is InChI=1S/C8H19NS/c1-4-7-10-8(2)5-6-9-3/h8-9H,4-7H2,1-3H3. The second kappa shape index (κ2) is 7.42. The van der Waals surface area contributed by atoms with Crippen LogP contribution in [0, 0.1) is 0 Å². The molecular formula is C8H19NS. The van der Waals surface area contributed by atoms with Crippen molar-refractivity contribution in [1.82, 2.24) is 5.32 Å². The zero-order valence-electron chi connectivity index (χ0n) is 7.31. The van der Waals surface area contributed by atoms with Crippen molar-refractivity contribution in [1.29, 1.82) is 0 Å². The maximum Gasteiger partial charge on any atom is 0.00307 e. The molecule has 1 N–H and O–H groups in total. The Morgan fingerprint density at radius 1 is 1.50 bits per heavy atom. The predicted octanol–water partition coefficient (Wildman–Crippen LogP) is 2.13. The van der Waals surface area contributed by atoms with E-state index in [2.05, 4.69) is 30.9 Å². The van der Waals surface area contributed by atoms with Crippen molar-refractivity contribution in [2.45, 2.75) is 31.9 Å². The van der Waals surface area contributed by atoms with Gasteiger partial charge in [0.2, 0.25) is 0 Å². The van der Waals surface area contributed by atoms with Crippen LogP contribution in [-0.4, -0.2) is 24.6 Å². The first-order valence-corrected chi connectivity index (χ1v) is 5.12. The van der Waals surface area contributed by atoms with Gasteiger partial charge in [-0.3, -0.25) is 0 Å². The Hall–Kier alpha value is 0.310. The molecule has 0 saturated heterocycles. The SMILES string of the molecule is CCCSC(C)CCNC. The van der Waals surface area contributed by atoms with Gasteiger partial charge in [0, 0.05) is 5.25 Å². The van der Waals surface area contributed by atoms with Crippen LogP contribution in [0.2, 0.25) is 0 Å². The van der Waals surface area contributed by atoms with Crippen LogP contribution < -0.4 is 5.32 Å². The number of thioether (sulfide) groups is 1. The van der Waals surface area contributed by atoms with E-state index in [0.29, 0.717) is 0 Å². The molecule has 0 saturated carbocycles. The van der Waals surface area contributed by atoms with Gasteiger partial charge >= 0.3 is 0 Å². The zero-order chi connectivity index (χ0) is 7.82. The Morgan fingerprint density at radius 2 is 2.20 bits per heavy atom. The molecule has 0 bridgehead atoms. The molecular weight excluding hydrogens is 142 g/mol. The van der Waals surface area contributed by atoms with Crippen LogP contribution in [0.5, 0.6) is 0 Å². The molecule has 0 spiro atoms. The number of hydrogen-bond acceptors (Lipinski definition) is 2. The van der Waals surface area contributed by atoms with Gasteiger partial charge in [0.1, 0.15) is 0 Å². The summed E-state index contributed by atoms with van der Waals surface area (Å²) in [5.74, 6) is 1.31. The molecule has 2 heteroatoms. The fraction of sp³-hybridized carbons (Fsp3) is 1.00. The highest BCUT2D eigenvalue weighted by molar-refractivity contribution is 7.99. The topological polar surface area (TPSA) is 12.0 Å². The molecule has 0 aliphatic carbocycles. The second-order valence-corrected chi connectivity index (χ2v) is 4.12. The van der Waals surface area contributed by atoms with Crippen LogP contribution in [0.25, 0.3) is 0 Å². The Balaban J connectivity index is 3.00. The first-order valence-electron chi connectivity index (χ1n) is 4.07. The molecule has 0 fully saturated rings. The number of nitrogens with one attached hydrogen (secondary N) is 1. The summed E-state index contributed by atoms with van der Waals surface area (Å²) in [4.78, 5) is 0. The van der Waals surface area contributed by atoms with Gasteiger partial charge in [-0.25, -0.2) is 0 Å². The van der Waals surface area contributed by atoms with Crippen LogP contribution in [0.3, 0.4) is 0 Å². The minimum atomic E-state index is 0.826. The number of hydrogen-bond donors (Lipinski definition) is 1. The zero-order valence-corrected chi connectivity index (χ0v) is 8.13. The lowest BCUT2D eigenvalue weighted by Gasteiger charge is -2.08. The monoisotopic (exact) mass is 161 g/mol. The quantitative estimate of drug-likeness (QED) is 0.640. The summed E-state index contributed by atoms with van der Waals surface area (Å²) >= 11 is 2.08. The van der Waals surface area contributed by atoms with Crippen LogP contribution in [0.15, 0.2) is 0 Å². The lowest BCUT2D eigenvalue weighted by atomic mass is 10.3. The van der Waals surface area contributed by atoms with Crippen LogP contribution in [-0.2, 0) is 0 Å². The van der Waals surface area contributed by atoms with Crippen molar-refractivity contribution in [2.75, 3.05) is 19.3 Å². The molecule has 0 aromatic rings. The van der Waals surface area contributed by atoms with Crippen molar-refractivity contribution in [2.24, 2.45) is 0 Å². The van der Waals surface area contributed by atoms with E-state index in [4.69, 9.17) is 0 Å². The third-order valence-electron chi connectivity index (χ3n) is 1.41. The average molecular weight is 161 g/mol. The van der Waals surface area contributed by atoms with Crippen molar-refractivity contribution in [3.63, 3.8) is 0 Å². The van der Waals surface area contributed by atoms with E-state index in [1.54, 1.807) is 0 Å². The molecule has 0 heterocycles. The Bertz CT molecular complexity index is 58.3. The third-order valence-corrected chi connectivity index (χ3v) is 2.86. The molecule has 0 aliphatic rings. The van der Waals surface area contributed by atoms with Gasteiger partial charge in [0.25, 0.3) is 0 Å². The van der Waals surface area contributed by atoms with Crippen molar-refractivity contribution < 1.29 is 0 Å². The summed E-state index contributed by atoms with van der Waals surface area (Å²) < 4.78 is 0. The minimum absolute atomic E-state index is 0.826. The second-order valence-electron chi connectivity index (χ2n) is 2.57. The molecule has 0 rings (SSSR count). The first kappa shape index (κ1) is 10.3. The van der Waals surface area contributed by atoms with E-state index in [-0.39, 0.29) is 0 Å². The molecule has 0 aromatic carbocycles. The van der Waals surface area contributed by atoms with E-state index >= 15 is 0 Å². The molecule has 62 valence electrons. The van der Waals surface area contributed by atoms with Gasteiger partial charge < -0.3 is 5.32 Å². The van der Waals surface area contributed by atoms with E-state index < -0.39 is 0 Å². The summed E-state index contributed by atoms with van der Waals surface area (Å²) in [5.41, 5.74) is 0. The third kappa shape index (κ3) is 6.43. The van der Waals surface area contributed by atoms with Gasteiger partial charge in [0.05, 0.1) is 0 Å². The highest BCUT2D eigenvalue weighted by Gasteiger charge is 1.98. The van der Waals surface area contributed by atoms with E-state index in [9.17, 15) is 0 Å². The summed E-state index contributed by atoms with van der Waals surface area (Å²) in [6, 6.07) is 0. The Morgan fingerprint density at radius 3 is 2.70 bits per heavy atom. The van der Waals surface area contributed by atoms with Crippen LogP contribution >= 0.6 is 11.8 Å². The average Bonchev–Trinajstić information content (AvgIpc) is 1.97. The summed E-state index contributed by atoms with van der Waals surface area (Å²) in [6.45, 7) is 5.69. The fourth-order valence-electron chi connectivity index (χ4n) is 0.750. The largest absolute Gasteiger partial charge is 0.320 e. The van der Waals surface area contributed by atoms with E-state index in [1.165, 1.54) is 18.6 Å². The molecule has 1 unspecified atom stereocenters. The first-order chi connectivity index (χ1) is 4.81. The Labute approximate surface area is 69.0 Å². The van der Waals surface area contributed by atoms with Crippen molar-refractivity contribution in [3.05, 3.63) is 0 Å². The lowest BCUT2D eigenvalue weighted by molar-refractivity contribution is 0.720. The summed E-state index contributed by atoms with van der Waals surface area (Å²) in [7, 11) is 2.01. The molecule has 10 heavy (non-hydrogen) atoms.